The molecule has 10 heteroatoms. The third kappa shape index (κ3) is 8.94. The molecule has 0 aliphatic rings. The fourth-order valence-electron chi connectivity index (χ4n) is 0.976. The summed E-state index contributed by atoms with van der Waals surface area (Å²) in [7, 11) is -4.72. The van der Waals surface area contributed by atoms with E-state index in [9.17, 15) is 22.1 Å². The number of rotatable bonds is 2. The summed E-state index contributed by atoms with van der Waals surface area (Å²) in [5.41, 5.74) is 0.870. The van der Waals surface area contributed by atoms with Crippen molar-refractivity contribution < 1.29 is 26.8 Å². The first-order valence-corrected chi connectivity index (χ1v) is 5.33. The molecule has 0 aromatic heterocycles. The second kappa shape index (κ2) is 8.17. The third-order valence-electron chi connectivity index (χ3n) is 1.70. The van der Waals surface area contributed by atoms with Crippen LogP contribution < -0.4 is 0 Å². The maximum atomic E-state index is 10.8. The standard InChI is InChI=1S/C10H8ClN2O2.BF4/c1-15-10(14)5-2-7-6-8(11)3-4-9(7)13-12;2-1(3,4)5/h2-6H,1H3;/q+1;-1. The highest BCUT2D eigenvalue weighted by Gasteiger charge is 2.20. The number of methoxy groups -OCH3 is 1. The van der Waals surface area contributed by atoms with Gasteiger partial charge in [0.25, 0.3) is 0 Å². The van der Waals surface area contributed by atoms with Crippen LogP contribution >= 0.6 is 11.6 Å². The molecule has 0 aliphatic carbocycles. The number of carbonyl (C=O) groups is 1. The van der Waals surface area contributed by atoms with Gasteiger partial charge in [-0.15, -0.1) is 0 Å². The molecule has 0 spiro atoms. The monoisotopic (exact) mass is 310 g/mol. The number of halogens is 5. The van der Waals surface area contributed by atoms with Crippen LogP contribution in [-0.4, -0.2) is 20.3 Å². The molecule has 0 unspecified atom stereocenters. The van der Waals surface area contributed by atoms with Crippen LogP contribution in [0.2, 0.25) is 5.02 Å². The summed E-state index contributed by atoms with van der Waals surface area (Å²) in [5, 5.41) is 9.16. The molecule has 0 atom stereocenters. The molecular formula is C10H8BClF4N2O2. The van der Waals surface area contributed by atoms with Gasteiger partial charge in [0.2, 0.25) is 5.39 Å². The van der Waals surface area contributed by atoms with Crippen molar-refractivity contribution in [3.05, 3.63) is 39.8 Å². The lowest BCUT2D eigenvalue weighted by molar-refractivity contribution is -0.134. The minimum Gasteiger partial charge on any atom is -0.466 e. The Morgan fingerprint density at radius 1 is 1.40 bits per heavy atom. The van der Waals surface area contributed by atoms with Gasteiger partial charge >= 0.3 is 18.9 Å². The highest BCUT2D eigenvalue weighted by atomic mass is 35.5. The third-order valence-corrected chi connectivity index (χ3v) is 1.93. The van der Waals surface area contributed by atoms with Gasteiger partial charge in [0.1, 0.15) is 0 Å². The van der Waals surface area contributed by atoms with E-state index in [4.69, 9.17) is 17.0 Å². The molecule has 20 heavy (non-hydrogen) atoms. The van der Waals surface area contributed by atoms with Crippen LogP contribution in [0.25, 0.3) is 11.1 Å². The zero-order valence-electron chi connectivity index (χ0n) is 10.1. The Labute approximate surface area is 116 Å². The van der Waals surface area contributed by atoms with E-state index in [1.54, 1.807) is 18.2 Å². The average molecular weight is 310 g/mol. The number of ether oxygens (including phenoxy) is 1. The Kier molecular flexibility index (Phi) is 7.32. The molecule has 1 aromatic rings. The molecule has 0 aliphatic heterocycles. The molecule has 0 amide bonds. The number of diazo groups is 1. The summed E-state index contributed by atoms with van der Waals surface area (Å²) in [4.78, 5) is 13.9. The Morgan fingerprint density at radius 3 is 2.40 bits per heavy atom. The van der Waals surface area contributed by atoms with Crippen molar-refractivity contribution in [2.75, 3.05) is 7.11 Å². The molecule has 0 saturated carbocycles. The predicted molar refractivity (Wildman–Crippen MR) is 67.4 cm³/mol. The maximum absolute atomic E-state index is 10.8. The van der Waals surface area contributed by atoms with Crippen molar-refractivity contribution in [1.82, 2.24) is 0 Å². The first-order valence-electron chi connectivity index (χ1n) is 4.95. The van der Waals surface area contributed by atoms with Gasteiger partial charge in [-0.1, -0.05) is 11.6 Å². The second-order valence-electron chi connectivity index (χ2n) is 3.15. The van der Waals surface area contributed by atoms with Crippen molar-refractivity contribution >= 4 is 36.6 Å². The van der Waals surface area contributed by atoms with Crippen LogP contribution in [0.3, 0.4) is 0 Å². The quantitative estimate of drug-likeness (QED) is 0.269. The van der Waals surface area contributed by atoms with Gasteiger partial charge in [0.15, 0.2) is 4.98 Å². The van der Waals surface area contributed by atoms with Crippen LogP contribution in [0.4, 0.5) is 23.0 Å². The van der Waals surface area contributed by atoms with E-state index >= 15 is 0 Å². The van der Waals surface area contributed by atoms with E-state index in [2.05, 4.69) is 9.71 Å². The van der Waals surface area contributed by atoms with Crippen LogP contribution in [0, 0.1) is 5.39 Å². The summed E-state index contributed by atoms with van der Waals surface area (Å²) in [5.74, 6) is -0.487. The fourth-order valence-corrected chi connectivity index (χ4v) is 1.16. The molecule has 0 radical (unpaired) electrons. The van der Waals surface area contributed by atoms with Crippen molar-refractivity contribution in [2.45, 2.75) is 0 Å². The molecule has 0 N–H and O–H groups in total. The summed E-state index contributed by atoms with van der Waals surface area (Å²) in [6.07, 6.45) is 2.69. The normalized spacial score (nSPS) is 10.4. The number of carbonyl (C=O) groups excluding carboxylic acids is 1. The minimum absolute atomic E-state index is 0.333. The van der Waals surface area contributed by atoms with Crippen molar-refractivity contribution in [2.24, 2.45) is 0 Å². The van der Waals surface area contributed by atoms with Crippen LogP contribution in [-0.2, 0) is 9.53 Å². The van der Waals surface area contributed by atoms with Crippen LogP contribution in [0.5, 0.6) is 0 Å². The smallest absolute Gasteiger partial charge is 0.466 e. The predicted octanol–water partition coefficient (Wildman–Crippen LogP) is 4.31. The summed E-state index contributed by atoms with van der Waals surface area (Å²) in [6.45, 7) is 0. The van der Waals surface area contributed by atoms with Crippen molar-refractivity contribution in [3.8, 4) is 0 Å². The molecule has 0 heterocycles. The molecule has 4 nitrogen and oxygen atoms in total. The summed E-state index contributed by atoms with van der Waals surface area (Å²) in [6, 6.07) is 4.71. The van der Waals surface area contributed by atoms with E-state index in [1.807, 2.05) is 0 Å². The van der Waals surface area contributed by atoms with E-state index in [1.165, 1.54) is 19.3 Å². The topological polar surface area (TPSA) is 54.5 Å². The average Bonchev–Trinajstić information content (AvgIpc) is 2.34. The lowest BCUT2D eigenvalue weighted by atomic mass is 10.1. The number of hydrogen-bond donors (Lipinski definition) is 0. The SMILES string of the molecule is COC(=O)C=Cc1cc(Cl)ccc1[N+]#N.F[B-](F)(F)F. The van der Waals surface area contributed by atoms with E-state index < -0.39 is 13.2 Å². The van der Waals surface area contributed by atoms with Crippen LogP contribution in [0.15, 0.2) is 24.3 Å². The highest BCUT2D eigenvalue weighted by Crippen LogP contribution is 2.24. The summed E-state index contributed by atoms with van der Waals surface area (Å²) < 4.78 is 43.4. The van der Waals surface area contributed by atoms with Gasteiger partial charge in [0.05, 0.1) is 12.7 Å². The van der Waals surface area contributed by atoms with Crippen molar-refractivity contribution in [3.63, 3.8) is 0 Å². The lowest BCUT2D eigenvalue weighted by Gasteiger charge is -1.94. The van der Waals surface area contributed by atoms with E-state index in [0.717, 1.165) is 0 Å². The molecule has 0 saturated heterocycles. The largest absolute Gasteiger partial charge is 0.673 e. The number of esters is 1. The Hall–Kier alpha value is -2.08. The van der Waals surface area contributed by atoms with Crippen molar-refractivity contribution in [1.29, 1.82) is 5.39 Å². The molecule has 0 fully saturated rings. The summed E-state index contributed by atoms with van der Waals surface area (Å²) >= 11 is 5.75. The first kappa shape index (κ1) is 17.9. The van der Waals surface area contributed by atoms with Crippen LogP contribution in [0.1, 0.15) is 5.56 Å². The fraction of sp³-hybridized carbons (Fsp3) is 0.100. The zero-order valence-corrected chi connectivity index (χ0v) is 10.8. The van der Waals surface area contributed by atoms with Gasteiger partial charge in [-0.25, -0.2) is 4.79 Å². The lowest BCUT2D eigenvalue weighted by Crippen LogP contribution is -2.02. The highest BCUT2D eigenvalue weighted by molar-refractivity contribution is 6.50. The molecule has 1 rings (SSSR count). The van der Waals surface area contributed by atoms with E-state index in [0.29, 0.717) is 16.3 Å². The Bertz CT molecular complexity index is 537. The zero-order chi connectivity index (χ0) is 15.8. The molecular weight excluding hydrogens is 302 g/mol. The minimum atomic E-state index is -6.00. The maximum Gasteiger partial charge on any atom is 0.673 e. The van der Waals surface area contributed by atoms with E-state index in [-0.39, 0.29) is 0 Å². The number of benzene rings is 1. The van der Waals surface area contributed by atoms with Gasteiger partial charge in [0, 0.05) is 17.2 Å². The Morgan fingerprint density at radius 2 is 1.95 bits per heavy atom. The van der Waals surface area contributed by atoms with Gasteiger partial charge in [-0.05, 0) is 18.2 Å². The second-order valence-corrected chi connectivity index (χ2v) is 3.59. The van der Waals surface area contributed by atoms with Gasteiger partial charge in [-0.3, -0.25) is 0 Å². The van der Waals surface area contributed by atoms with Gasteiger partial charge < -0.3 is 22.0 Å². The molecule has 1 aromatic carbocycles. The first-order chi connectivity index (χ1) is 9.17. The number of hydrogen-bond acceptors (Lipinski definition) is 3. The molecule has 108 valence electrons. The van der Waals surface area contributed by atoms with Gasteiger partial charge in [-0.2, -0.15) is 0 Å². The molecule has 0 bridgehead atoms. The number of nitrogens with zero attached hydrogens (tertiary/aromatic N) is 2. The Balaban J connectivity index is 0.000000621.